The average Bonchev–Trinajstić information content (AvgIpc) is 2.34. The molecule has 0 bridgehead atoms. The van der Waals surface area contributed by atoms with Crippen molar-refractivity contribution in [2.45, 2.75) is 52.2 Å². The summed E-state index contributed by atoms with van der Waals surface area (Å²) in [6, 6.07) is 3.48. The second kappa shape index (κ2) is 5.93. The summed E-state index contributed by atoms with van der Waals surface area (Å²) in [5.74, 6) is 0.222. The van der Waals surface area contributed by atoms with Crippen molar-refractivity contribution in [2.75, 3.05) is 13.1 Å². The Balaban J connectivity index is 2.27. The number of hydrogen-bond donors (Lipinski definition) is 0. The lowest BCUT2D eigenvalue weighted by Crippen LogP contribution is -2.53. The maximum absolute atomic E-state index is 12.7. The minimum absolute atomic E-state index is 0.00979. The summed E-state index contributed by atoms with van der Waals surface area (Å²) in [4.78, 5) is 18.9. The van der Waals surface area contributed by atoms with Gasteiger partial charge >= 0.3 is 0 Å². The number of halogens is 1. The molecule has 1 atom stereocenters. The highest BCUT2D eigenvalue weighted by atomic mass is 35.5. The number of pyridine rings is 1. The van der Waals surface area contributed by atoms with Gasteiger partial charge in [-0.15, -0.1) is 0 Å². The lowest BCUT2D eigenvalue weighted by Gasteiger charge is -2.41. The summed E-state index contributed by atoms with van der Waals surface area (Å²) >= 11 is 6.06. The first-order valence-electron chi connectivity index (χ1n) is 7.32. The highest BCUT2D eigenvalue weighted by molar-refractivity contribution is 6.29. The molecule has 0 aromatic carbocycles. The first kappa shape index (κ1) is 16.2. The molecule has 0 aliphatic carbocycles. The van der Waals surface area contributed by atoms with Gasteiger partial charge < -0.3 is 9.64 Å². The number of ether oxygens (including phenoxy) is 1. The summed E-state index contributed by atoms with van der Waals surface area (Å²) in [7, 11) is 0. The average molecular weight is 311 g/mol. The molecule has 1 amide bonds. The van der Waals surface area contributed by atoms with Crippen molar-refractivity contribution in [3.05, 3.63) is 28.5 Å². The van der Waals surface area contributed by atoms with Crippen LogP contribution in [0.25, 0.3) is 0 Å². The van der Waals surface area contributed by atoms with Crippen LogP contribution in [0.1, 0.15) is 56.6 Å². The molecule has 0 radical (unpaired) electrons. The van der Waals surface area contributed by atoms with Gasteiger partial charge in [0, 0.05) is 24.3 Å². The number of hydrogen-bond acceptors (Lipinski definition) is 3. The molecule has 1 fully saturated rings. The SMILES string of the molecule is CC1CN(C(=O)c2cc(Cl)nc(C(C)C)c2)CC(C)(C)O1. The summed E-state index contributed by atoms with van der Waals surface area (Å²) in [5, 5.41) is 0.366. The fourth-order valence-corrected chi connectivity index (χ4v) is 2.94. The molecular formula is C16H23ClN2O2. The number of morpholine rings is 1. The van der Waals surface area contributed by atoms with Gasteiger partial charge in [0.05, 0.1) is 11.7 Å². The van der Waals surface area contributed by atoms with E-state index in [2.05, 4.69) is 4.98 Å². The molecule has 1 unspecified atom stereocenters. The zero-order valence-electron chi connectivity index (χ0n) is 13.3. The summed E-state index contributed by atoms with van der Waals surface area (Å²) < 4.78 is 5.84. The Kier molecular flexibility index (Phi) is 4.59. The molecule has 0 saturated carbocycles. The molecule has 1 aliphatic rings. The molecule has 0 spiro atoms. The Morgan fingerprint density at radius 1 is 1.48 bits per heavy atom. The highest BCUT2D eigenvalue weighted by Gasteiger charge is 2.34. The molecule has 21 heavy (non-hydrogen) atoms. The van der Waals surface area contributed by atoms with Crippen LogP contribution < -0.4 is 0 Å². The van der Waals surface area contributed by atoms with Crippen LogP contribution in [-0.2, 0) is 4.74 Å². The van der Waals surface area contributed by atoms with Crippen molar-refractivity contribution in [1.82, 2.24) is 9.88 Å². The number of carbonyl (C=O) groups is 1. The van der Waals surface area contributed by atoms with Crippen LogP contribution in [-0.4, -0.2) is 40.6 Å². The van der Waals surface area contributed by atoms with Crippen LogP contribution in [0.4, 0.5) is 0 Å². The molecule has 116 valence electrons. The lowest BCUT2D eigenvalue weighted by molar-refractivity contribution is -0.118. The predicted octanol–water partition coefficient (Wildman–Crippen LogP) is 3.50. The third kappa shape index (κ3) is 3.95. The van der Waals surface area contributed by atoms with Crippen LogP contribution >= 0.6 is 11.6 Å². The molecule has 1 aromatic rings. The Bertz CT molecular complexity index is 543. The number of amides is 1. The maximum Gasteiger partial charge on any atom is 0.254 e. The second-order valence-corrected chi connectivity index (χ2v) is 7.02. The van der Waals surface area contributed by atoms with Crippen LogP contribution in [0, 0.1) is 0 Å². The van der Waals surface area contributed by atoms with E-state index in [1.54, 1.807) is 6.07 Å². The summed E-state index contributed by atoms with van der Waals surface area (Å²) in [6.45, 7) is 11.2. The minimum Gasteiger partial charge on any atom is -0.369 e. The zero-order chi connectivity index (χ0) is 15.8. The molecule has 4 nitrogen and oxygen atoms in total. The monoisotopic (exact) mass is 310 g/mol. The molecular weight excluding hydrogens is 288 g/mol. The smallest absolute Gasteiger partial charge is 0.254 e. The molecule has 2 rings (SSSR count). The van der Waals surface area contributed by atoms with E-state index < -0.39 is 0 Å². The van der Waals surface area contributed by atoms with E-state index in [-0.39, 0.29) is 23.5 Å². The molecule has 0 N–H and O–H groups in total. The Labute approximate surface area is 131 Å². The number of carbonyl (C=O) groups excluding carboxylic acids is 1. The molecule has 2 heterocycles. The molecule has 5 heteroatoms. The van der Waals surface area contributed by atoms with Crippen LogP contribution in [0.5, 0.6) is 0 Å². The molecule has 1 aliphatic heterocycles. The largest absolute Gasteiger partial charge is 0.369 e. The fourth-order valence-electron chi connectivity index (χ4n) is 2.73. The lowest BCUT2D eigenvalue weighted by atomic mass is 10.0. The van der Waals surface area contributed by atoms with Gasteiger partial charge in [-0.25, -0.2) is 4.98 Å². The van der Waals surface area contributed by atoms with E-state index in [0.717, 1.165) is 5.69 Å². The van der Waals surface area contributed by atoms with Gasteiger partial charge in [0.1, 0.15) is 5.15 Å². The summed E-state index contributed by atoms with van der Waals surface area (Å²) in [6.07, 6.45) is 0.0274. The van der Waals surface area contributed by atoms with Gasteiger partial charge in [-0.1, -0.05) is 25.4 Å². The van der Waals surface area contributed by atoms with E-state index in [0.29, 0.717) is 23.8 Å². The van der Waals surface area contributed by atoms with Crippen molar-refractivity contribution in [3.8, 4) is 0 Å². The van der Waals surface area contributed by atoms with Crippen molar-refractivity contribution >= 4 is 17.5 Å². The number of nitrogens with zero attached hydrogens (tertiary/aromatic N) is 2. The molecule has 1 saturated heterocycles. The van der Waals surface area contributed by atoms with Crippen LogP contribution in [0.15, 0.2) is 12.1 Å². The van der Waals surface area contributed by atoms with Crippen LogP contribution in [0.2, 0.25) is 5.15 Å². The Morgan fingerprint density at radius 3 is 2.71 bits per heavy atom. The van der Waals surface area contributed by atoms with Gasteiger partial charge in [0.25, 0.3) is 5.91 Å². The van der Waals surface area contributed by atoms with Crippen molar-refractivity contribution in [3.63, 3.8) is 0 Å². The first-order chi connectivity index (χ1) is 9.68. The quantitative estimate of drug-likeness (QED) is 0.785. The van der Waals surface area contributed by atoms with Gasteiger partial charge in [0.15, 0.2) is 0 Å². The Hall–Kier alpha value is -1.13. The van der Waals surface area contributed by atoms with Crippen molar-refractivity contribution < 1.29 is 9.53 Å². The van der Waals surface area contributed by atoms with Gasteiger partial charge in [-0.05, 0) is 38.8 Å². The van der Waals surface area contributed by atoms with E-state index in [1.165, 1.54) is 0 Å². The highest BCUT2D eigenvalue weighted by Crippen LogP contribution is 2.24. The van der Waals surface area contributed by atoms with Gasteiger partial charge in [-0.3, -0.25) is 4.79 Å². The first-order valence-corrected chi connectivity index (χ1v) is 7.70. The van der Waals surface area contributed by atoms with Crippen molar-refractivity contribution in [1.29, 1.82) is 0 Å². The predicted molar refractivity (Wildman–Crippen MR) is 83.9 cm³/mol. The molecule has 1 aromatic heterocycles. The van der Waals surface area contributed by atoms with E-state index in [9.17, 15) is 4.79 Å². The number of rotatable bonds is 2. The topological polar surface area (TPSA) is 42.4 Å². The van der Waals surface area contributed by atoms with Gasteiger partial charge in [-0.2, -0.15) is 0 Å². The van der Waals surface area contributed by atoms with E-state index >= 15 is 0 Å². The normalized spacial score (nSPS) is 21.7. The number of aromatic nitrogens is 1. The fraction of sp³-hybridized carbons (Fsp3) is 0.625. The second-order valence-electron chi connectivity index (χ2n) is 6.63. The standard InChI is InChI=1S/C16H23ClN2O2/c1-10(2)13-6-12(7-14(17)18-13)15(20)19-8-11(3)21-16(4,5)9-19/h6-7,10-11H,8-9H2,1-5H3. The third-order valence-corrected chi connectivity index (χ3v) is 3.70. The summed E-state index contributed by atoms with van der Waals surface area (Å²) in [5.41, 5.74) is 1.11. The maximum atomic E-state index is 12.7. The zero-order valence-corrected chi connectivity index (χ0v) is 14.1. The van der Waals surface area contributed by atoms with Gasteiger partial charge in [0.2, 0.25) is 0 Å². The van der Waals surface area contributed by atoms with E-state index in [4.69, 9.17) is 16.3 Å². The Morgan fingerprint density at radius 2 is 2.14 bits per heavy atom. The third-order valence-electron chi connectivity index (χ3n) is 3.51. The van der Waals surface area contributed by atoms with E-state index in [1.807, 2.05) is 45.6 Å². The van der Waals surface area contributed by atoms with Crippen molar-refractivity contribution in [2.24, 2.45) is 0 Å². The van der Waals surface area contributed by atoms with Crippen LogP contribution in [0.3, 0.4) is 0 Å². The minimum atomic E-state index is -0.328.